The van der Waals surface area contributed by atoms with Gasteiger partial charge in [-0.3, -0.25) is 9.48 Å². The van der Waals surface area contributed by atoms with Crippen LogP contribution in [-0.2, 0) is 23.1 Å². The van der Waals surface area contributed by atoms with Gasteiger partial charge >= 0.3 is 5.97 Å². The fraction of sp³-hybridized carbons (Fsp3) is 0.583. The van der Waals surface area contributed by atoms with Gasteiger partial charge < -0.3 is 14.4 Å². The molecule has 1 N–H and O–H groups in total. The van der Waals surface area contributed by atoms with Gasteiger partial charge in [0.15, 0.2) is 10.8 Å². The Morgan fingerprint density at radius 1 is 1.55 bits per heavy atom. The highest BCUT2D eigenvalue weighted by molar-refractivity contribution is 7.99. The number of methoxy groups -OCH3 is 1. The molecular weight excluding hydrogens is 280 g/mol. The van der Waals surface area contributed by atoms with E-state index in [0.29, 0.717) is 11.7 Å². The van der Waals surface area contributed by atoms with Crippen LogP contribution in [0.3, 0.4) is 0 Å². The molecule has 110 valence electrons. The fourth-order valence-electron chi connectivity index (χ4n) is 2.05. The highest BCUT2D eigenvalue weighted by Crippen LogP contribution is 2.26. The number of aromatic nitrogens is 4. The Labute approximate surface area is 120 Å². The lowest BCUT2D eigenvalue weighted by Crippen LogP contribution is -2.17. The number of carboxylic acids is 1. The molecule has 7 nitrogen and oxygen atoms in total. The molecule has 0 aliphatic carbocycles. The van der Waals surface area contributed by atoms with E-state index in [-0.39, 0.29) is 11.9 Å². The van der Waals surface area contributed by atoms with E-state index >= 15 is 0 Å². The maximum absolute atomic E-state index is 10.7. The third-order valence-corrected chi connectivity index (χ3v) is 3.98. The van der Waals surface area contributed by atoms with Crippen LogP contribution in [-0.4, -0.2) is 49.4 Å². The summed E-state index contributed by atoms with van der Waals surface area (Å²) in [5, 5.41) is 13.9. The molecular formula is C12H18N4O3S. The Bertz CT molecular complexity index is 634. The van der Waals surface area contributed by atoms with E-state index in [0.717, 1.165) is 16.9 Å². The molecule has 0 radical (unpaired) electrons. The van der Waals surface area contributed by atoms with E-state index in [9.17, 15) is 4.79 Å². The molecule has 0 amide bonds. The second-order valence-corrected chi connectivity index (χ2v) is 5.56. The first kappa shape index (κ1) is 14.9. The number of thioether (sulfide) groups is 1. The number of rotatable bonds is 6. The van der Waals surface area contributed by atoms with Crippen molar-refractivity contribution in [3.8, 4) is 0 Å². The topological polar surface area (TPSA) is 82.2 Å². The van der Waals surface area contributed by atoms with Crippen LogP contribution in [0, 0.1) is 6.92 Å². The summed E-state index contributed by atoms with van der Waals surface area (Å²) < 4.78 is 9.03. The molecule has 0 bridgehead atoms. The number of aliphatic carboxylic acids is 1. The zero-order chi connectivity index (χ0) is 14.9. The van der Waals surface area contributed by atoms with Crippen molar-refractivity contribution in [2.45, 2.75) is 31.7 Å². The molecule has 0 saturated heterocycles. The average molecular weight is 298 g/mol. The Morgan fingerprint density at radius 3 is 2.85 bits per heavy atom. The van der Waals surface area contributed by atoms with E-state index in [1.165, 1.54) is 11.8 Å². The van der Waals surface area contributed by atoms with Gasteiger partial charge in [0.05, 0.1) is 24.1 Å². The highest BCUT2D eigenvalue weighted by atomic mass is 32.2. The number of hydrogen-bond donors (Lipinski definition) is 1. The van der Waals surface area contributed by atoms with Crippen molar-refractivity contribution in [3.63, 3.8) is 0 Å². The molecule has 2 rings (SSSR count). The summed E-state index contributed by atoms with van der Waals surface area (Å²) in [6, 6.07) is 0. The summed E-state index contributed by atoms with van der Waals surface area (Å²) in [5.74, 6) is -0.875. The Morgan fingerprint density at radius 2 is 2.25 bits per heavy atom. The zero-order valence-corrected chi connectivity index (χ0v) is 12.8. The van der Waals surface area contributed by atoms with Gasteiger partial charge in [0.2, 0.25) is 0 Å². The number of ether oxygens (including phenoxy) is 1. The Kier molecular flexibility index (Phi) is 4.34. The van der Waals surface area contributed by atoms with Crippen molar-refractivity contribution < 1.29 is 14.6 Å². The smallest absolute Gasteiger partial charge is 0.313 e. The van der Waals surface area contributed by atoms with Crippen LogP contribution in [0.2, 0.25) is 0 Å². The predicted octanol–water partition coefficient (Wildman–Crippen LogP) is 1.29. The van der Waals surface area contributed by atoms with Gasteiger partial charge in [-0.25, -0.2) is 4.98 Å². The van der Waals surface area contributed by atoms with Crippen LogP contribution in [0.4, 0.5) is 0 Å². The highest BCUT2D eigenvalue weighted by Gasteiger charge is 2.19. The van der Waals surface area contributed by atoms with Gasteiger partial charge in [-0.15, -0.1) is 0 Å². The molecule has 2 heterocycles. The van der Waals surface area contributed by atoms with Gasteiger partial charge in [-0.05, 0) is 13.8 Å². The predicted molar refractivity (Wildman–Crippen MR) is 76.1 cm³/mol. The summed E-state index contributed by atoms with van der Waals surface area (Å²) >= 11 is 1.21. The van der Waals surface area contributed by atoms with Crippen molar-refractivity contribution >= 4 is 28.9 Å². The number of imidazole rings is 1. The largest absolute Gasteiger partial charge is 0.481 e. The average Bonchev–Trinajstić information content (AvgIpc) is 2.87. The van der Waals surface area contributed by atoms with Gasteiger partial charge in [0, 0.05) is 14.2 Å². The van der Waals surface area contributed by atoms with Crippen LogP contribution in [0.1, 0.15) is 12.6 Å². The second kappa shape index (κ2) is 5.84. The summed E-state index contributed by atoms with van der Waals surface area (Å²) in [5.41, 5.74) is 2.53. The van der Waals surface area contributed by atoms with Crippen molar-refractivity contribution in [3.05, 3.63) is 5.69 Å². The first-order valence-electron chi connectivity index (χ1n) is 6.21. The molecule has 0 fully saturated rings. The maximum atomic E-state index is 10.7. The Hall–Kier alpha value is -1.54. The normalized spacial score (nSPS) is 13.0. The Balaban J connectivity index is 2.46. The molecule has 0 spiro atoms. The van der Waals surface area contributed by atoms with Crippen molar-refractivity contribution in [1.82, 2.24) is 19.3 Å². The van der Waals surface area contributed by atoms with Crippen LogP contribution in [0.15, 0.2) is 5.16 Å². The molecule has 8 heteroatoms. The van der Waals surface area contributed by atoms with Crippen LogP contribution < -0.4 is 0 Å². The lowest BCUT2D eigenvalue weighted by atomic mass is 10.4. The van der Waals surface area contributed by atoms with Gasteiger partial charge in [-0.2, -0.15) is 5.10 Å². The molecule has 0 aromatic carbocycles. The van der Waals surface area contributed by atoms with Gasteiger partial charge in [0.25, 0.3) is 0 Å². The van der Waals surface area contributed by atoms with Crippen LogP contribution in [0.5, 0.6) is 0 Å². The lowest BCUT2D eigenvalue weighted by Gasteiger charge is -2.13. The fourth-order valence-corrected chi connectivity index (χ4v) is 2.77. The zero-order valence-electron chi connectivity index (χ0n) is 12.0. The van der Waals surface area contributed by atoms with E-state index in [4.69, 9.17) is 9.84 Å². The minimum Gasteiger partial charge on any atom is -0.481 e. The van der Waals surface area contributed by atoms with E-state index in [1.807, 2.05) is 25.5 Å². The molecule has 0 aliphatic rings. The first-order valence-corrected chi connectivity index (χ1v) is 7.19. The molecule has 2 aromatic rings. The number of carboxylic acid groups (broad SMARTS) is 1. The van der Waals surface area contributed by atoms with Crippen molar-refractivity contribution in [2.75, 3.05) is 12.9 Å². The van der Waals surface area contributed by atoms with Gasteiger partial charge in [-0.1, -0.05) is 11.8 Å². The third kappa shape index (κ3) is 2.80. The molecule has 1 unspecified atom stereocenters. The summed E-state index contributed by atoms with van der Waals surface area (Å²) in [6.07, 6.45) is 0.00628. The van der Waals surface area contributed by atoms with Gasteiger partial charge in [0.1, 0.15) is 5.52 Å². The number of nitrogens with zero attached hydrogens (tertiary/aromatic N) is 4. The summed E-state index contributed by atoms with van der Waals surface area (Å²) in [4.78, 5) is 15.3. The minimum atomic E-state index is -0.858. The van der Waals surface area contributed by atoms with E-state index < -0.39 is 5.97 Å². The first-order chi connectivity index (χ1) is 9.43. The number of fused-ring (bicyclic) bond motifs is 1. The quantitative estimate of drug-likeness (QED) is 0.809. The summed E-state index contributed by atoms with van der Waals surface area (Å²) in [6.45, 7) is 4.46. The lowest BCUT2D eigenvalue weighted by molar-refractivity contribution is -0.133. The number of hydrogen-bond acceptors (Lipinski definition) is 5. The summed E-state index contributed by atoms with van der Waals surface area (Å²) in [7, 11) is 3.51. The molecule has 0 saturated carbocycles. The maximum Gasteiger partial charge on any atom is 0.313 e. The molecule has 20 heavy (non-hydrogen) atoms. The molecule has 0 aliphatic heterocycles. The minimum absolute atomic E-state index is 0.00628. The third-order valence-electron chi connectivity index (χ3n) is 3.02. The van der Waals surface area contributed by atoms with Crippen molar-refractivity contribution in [1.29, 1.82) is 0 Å². The molecule has 1 atom stereocenters. The SMILES string of the molecule is COC(C)Cn1c(SCC(=O)O)nc2c(C)nn(C)c21. The van der Waals surface area contributed by atoms with Crippen LogP contribution >= 0.6 is 11.8 Å². The van der Waals surface area contributed by atoms with E-state index in [2.05, 4.69) is 10.1 Å². The van der Waals surface area contributed by atoms with Crippen LogP contribution in [0.25, 0.3) is 11.2 Å². The monoisotopic (exact) mass is 298 g/mol. The number of aryl methyl sites for hydroxylation is 2. The van der Waals surface area contributed by atoms with Crippen molar-refractivity contribution in [2.24, 2.45) is 7.05 Å². The second-order valence-electron chi connectivity index (χ2n) is 4.61. The van der Waals surface area contributed by atoms with E-state index in [1.54, 1.807) is 11.8 Å². The molecule has 2 aromatic heterocycles. The standard InChI is InChI=1S/C12H18N4O3S/c1-7(19-4)5-16-11-10(8(2)14-15(11)3)13-12(16)20-6-9(17)18/h7H,5-6H2,1-4H3,(H,17,18). The number of carbonyl (C=O) groups is 1.